The number of hydrogen-bond donors (Lipinski definition) is 0. The zero-order valence-electron chi connectivity index (χ0n) is 17.5. The van der Waals surface area contributed by atoms with Gasteiger partial charge in [-0.1, -0.05) is 55.3 Å². The lowest BCUT2D eigenvalue weighted by atomic mass is 10.1. The van der Waals surface area contributed by atoms with Crippen molar-refractivity contribution in [2.45, 2.75) is 38.4 Å². The zero-order chi connectivity index (χ0) is 21.2. The molecule has 0 aromatic heterocycles. The number of halogens is 1. The number of hydrogen-bond acceptors (Lipinski definition) is 3. The molecule has 0 aliphatic rings. The largest absolute Gasteiger partial charge is 0.355 e. The number of benzene rings is 2. The van der Waals surface area contributed by atoms with Crippen molar-refractivity contribution in [2.24, 2.45) is 0 Å². The van der Waals surface area contributed by atoms with E-state index in [0.29, 0.717) is 29.4 Å². The molecular weight excluding hydrogens is 394 g/mol. The average Bonchev–Trinajstić information content (AvgIpc) is 2.70. The third kappa shape index (κ3) is 7.22. The Morgan fingerprint density at radius 1 is 1.11 bits per heavy atom. The molecule has 2 aromatic carbocycles. The molecule has 28 heavy (non-hydrogen) atoms. The van der Waals surface area contributed by atoms with E-state index in [4.69, 9.17) is 21.1 Å². The second-order valence-electron chi connectivity index (χ2n) is 6.12. The number of methoxy groups -OCH3 is 2. The van der Waals surface area contributed by atoms with Crippen LogP contribution in [0.2, 0.25) is 5.02 Å². The van der Waals surface area contributed by atoms with Gasteiger partial charge >= 0.3 is 0 Å². The highest BCUT2D eigenvalue weighted by Crippen LogP contribution is 2.19. The topological polar surface area (TPSA) is 38.8 Å². The van der Waals surface area contributed by atoms with Gasteiger partial charge in [-0.25, -0.2) is 8.51 Å². The van der Waals surface area contributed by atoms with Gasteiger partial charge in [-0.15, -0.1) is 0 Å². The minimum atomic E-state index is -2.67. The lowest BCUT2D eigenvalue weighted by Gasteiger charge is -2.29. The van der Waals surface area contributed by atoms with Crippen molar-refractivity contribution in [1.29, 1.82) is 0 Å². The summed E-state index contributed by atoms with van der Waals surface area (Å²) in [4.78, 5) is 0.695. The summed E-state index contributed by atoms with van der Waals surface area (Å²) in [5.74, 6) is 4.04. The van der Waals surface area contributed by atoms with Crippen molar-refractivity contribution < 1.29 is 13.7 Å². The number of rotatable bonds is 9. The molecule has 1 unspecified atom stereocenters. The highest BCUT2D eigenvalue weighted by atomic mass is 35.5. The van der Waals surface area contributed by atoms with Gasteiger partial charge in [0.2, 0.25) is 0 Å². The van der Waals surface area contributed by atoms with Crippen LogP contribution in [0.1, 0.15) is 25.0 Å². The molecule has 2 aromatic rings. The predicted octanol–water partition coefficient (Wildman–Crippen LogP) is 4.83. The van der Waals surface area contributed by atoms with Gasteiger partial charge < -0.3 is 9.47 Å². The summed E-state index contributed by atoms with van der Waals surface area (Å²) < 4.78 is 26.0. The summed E-state index contributed by atoms with van der Waals surface area (Å²) in [7, 11) is 0.466. The fourth-order valence-corrected chi connectivity index (χ4v) is 4.44. The molecule has 0 amide bonds. The van der Waals surface area contributed by atoms with Crippen LogP contribution in [0.15, 0.2) is 53.4 Å². The van der Waals surface area contributed by atoms with E-state index in [0.717, 1.165) is 11.1 Å². The van der Waals surface area contributed by atoms with Gasteiger partial charge in [0, 0.05) is 30.7 Å². The molecule has 1 atom stereocenters. The van der Waals surface area contributed by atoms with E-state index in [9.17, 15) is 4.21 Å². The average molecular weight is 426 g/mol. The molecular formula is C22H32ClNO3S. The predicted molar refractivity (Wildman–Crippen MR) is 121 cm³/mol. The van der Waals surface area contributed by atoms with Crippen LogP contribution in [0.3, 0.4) is 0 Å². The first kappa shape index (κ1) is 24.7. The van der Waals surface area contributed by atoms with Crippen molar-refractivity contribution in [3.8, 4) is 0 Å². The van der Waals surface area contributed by atoms with Gasteiger partial charge in [0.05, 0.1) is 16.3 Å². The van der Waals surface area contributed by atoms with Gasteiger partial charge in [0.25, 0.3) is 0 Å². The fourth-order valence-electron chi connectivity index (χ4n) is 2.62. The van der Waals surface area contributed by atoms with E-state index in [1.807, 2.05) is 73.6 Å². The zero-order valence-corrected chi connectivity index (χ0v) is 19.1. The quantitative estimate of drug-likeness (QED) is 0.426. The highest BCUT2D eigenvalue weighted by molar-refractivity contribution is 7.98. The van der Waals surface area contributed by atoms with Crippen LogP contribution in [-0.4, -0.2) is 48.0 Å². The fraction of sp³-hybridized carbons (Fsp3) is 0.409. The van der Waals surface area contributed by atoms with Crippen LogP contribution >= 0.6 is 11.6 Å². The molecule has 0 radical (unpaired) electrons. The third-order valence-corrected chi connectivity index (χ3v) is 6.63. The van der Waals surface area contributed by atoms with Crippen molar-refractivity contribution in [1.82, 2.24) is 4.31 Å². The molecule has 6 heteroatoms. The van der Waals surface area contributed by atoms with Crippen LogP contribution < -0.4 is 0 Å². The van der Waals surface area contributed by atoms with Crippen LogP contribution in [-0.2, 0) is 25.6 Å². The van der Waals surface area contributed by atoms with E-state index < -0.39 is 16.0 Å². The van der Waals surface area contributed by atoms with Crippen molar-refractivity contribution in [3.63, 3.8) is 0 Å². The summed E-state index contributed by atoms with van der Waals surface area (Å²) in [5.41, 5.74) is 2.19. The van der Waals surface area contributed by atoms with E-state index in [2.05, 4.69) is 5.87 Å². The summed E-state index contributed by atoms with van der Waals surface area (Å²) >= 11 is 6.07. The summed E-state index contributed by atoms with van der Waals surface area (Å²) in [6.07, 6.45) is 0.210. The smallest absolute Gasteiger partial charge is 0.170 e. The van der Waals surface area contributed by atoms with Crippen LogP contribution in [0.4, 0.5) is 0 Å². The van der Waals surface area contributed by atoms with Gasteiger partial charge in [-0.3, -0.25) is 0 Å². The molecule has 0 saturated heterocycles. The van der Waals surface area contributed by atoms with Crippen molar-refractivity contribution in [3.05, 3.63) is 64.7 Å². The van der Waals surface area contributed by atoms with E-state index in [1.165, 1.54) is 0 Å². The molecule has 0 spiro atoms. The Hall–Kier alpha value is -1.37. The molecule has 0 N–H and O–H groups in total. The van der Waals surface area contributed by atoms with Crippen molar-refractivity contribution in [2.75, 3.05) is 27.3 Å². The molecule has 0 heterocycles. The number of aryl methyl sites for hydroxylation is 1. The Kier molecular flexibility index (Phi) is 10.8. The Bertz CT molecular complexity index is 803. The van der Waals surface area contributed by atoms with E-state index in [-0.39, 0.29) is 0 Å². The lowest BCUT2D eigenvalue weighted by molar-refractivity contribution is -0.107. The maximum Gasteiger partial charge on any atom is 0.170 e. The minimum Gasteiger partial charge on any atom is -0.355 e. The highest BCUT2D eigenvalue weighted by Gasteiger charge is 2.22. The Balaban J connectivity index is 0.00000190. The maximum absolute atomic E-state index is 13.5. The Labute approximate surface area is 175 Å². The molecule has 0 aliphatic heterocycles. The molecule has 2 rings (SSSR count). The number of ether oxygens (including phenoxy) is 2. The summed E-state index contributed by atoms with van der Waals surface area (Å²) in [6.45, 7) is 6.89. The first-order valence-electron chi connectivity index (χ1n) is 9.36. The molecule has 156 valence electrons. The SMILES string of the molecule is C=S(=O)(c1ccc(C)cc1)N(CCc1cccc(Cl)c1)CC(OC)OC.CC. The van der Waals surface area contributed by atoms with Gasteiger partial charge in [0.15, 0.2) is 6.29 Å². The van der Waals surface area contributed by atoms with Crippen molar-refractivity contribution >= 4 is 27.2 Å². The first-order valence-corrected chi connectivity index (χ1v) is 11.4. The Morgan fingerprint density at radius 3 is 2.25 bits per heavy atom. The minimum absolute atomic E-state index is 0.351. The maximum atomic E-state index is 13.5. The van der Waals surface area contributed by atoms with Crippen LogP contribution in [0.25, 0.3) is 0 Å². The van der Waals surface area contributed by atoms with Crippen LogP contribution in [0, 0.1) is 6.92 Å². The van der Waals surface area contributed by atoms with Gasteiger partial charge in [-0.05, 0) is 49.0 Å². The normalized spacial score (nSPS) is 13.1. The summed E-state index contributed by atoms with van der Waals surface area (Å²) in [6, 6.07) is 15.3. The second-order valence-corrected chi connectivity index (χ2v) is 8.83. The standard InChI is InChI=1S/C20H26ClNO3S.C2H6/c1-16-8-10-19(11-9-16)26(4,23)22(15-20(24-2)25-3)13-12-17-6-5-7-18(21)14-17;1-2/h5-11,14,20H,4,12-13,15H2,1-3H3;1-2H3. The molecule has 0 bridgehead atoms. The third-order valence-electron chi connectivity index (χ3n) is 4.22. The molecule has 0 saturated carbocycles. The first-order chi connectivity index (χ1) is 13.4. The lowest BCUT2D eigenvalue weighted by Crippen LogP contribution is -2.40. The second kappa shape index (κ2) is 12.2. The number of nitrogens with zero attached hydrogens (tertiary/aromatic N) is 1. The summed E-state index contributed by atoms with van der Waals surface area (Å²) in [5, 5.41) is 0.689. The van der Waals surface area contributed by atoms with E-state index >= 15 is 0 Å². The molecule has 0 fully saturated rings. The van der Waals surface area contributed by atoms with Gasteiger partial charge in [-0.2, -0.15) is 0 Å². The Morgan fingerprint density at radius 2 is 1.71 bits per heavy atom. The molecule has 4 nitrogen and oxygen atoms in total. The van der Waals surface area contributed by atoms with Crippen LogP contribution in [0.5, 0.6) is 0 Å². The molecule has 0 aliphatic carbocycles. The van der Waals surface area contributed by atoms with Gasteiger partial charge in [0.1, 0.15) is 0 Å². The monoisotopic (exact) mass is 425 g/mol. The van der Waals surface area contributed by atoms with E-state index in [1.54, 1.807) is 14.2 Å².